The molecule has 2 aromatic rings. The predicted octanol–water partition coefficient (Wildman–Crippen LogP) is 3.55. The number of benzene rings is 2. The molecule has 0 unspecified atom stereocenters. The highest BCUT2D eigenvalue weighted by Gasteiger charge is 2.16. The maximum absolute atomic E-state index is 9.59. The second-order valence-electron chi connectivity index (χ2n) is 7.42. The van der Waals surface area contributed by atoms with Gasteiger partial charge in [0.15, 0.2) is 0 Å². The Hall–Kier alpha value is -1.68. The lowest BCUT2D eigenvalue weighted by molar-refractivity contribution is 0.0792. The second-order valence-corrected chi connectivity index (χ2v) is 7.42. The summed E-state index contributed by atoms with van der Waals surface area (Å²) >= 11 is 0. The van der Waals surface area contributed by atoms with E-state index in [0.717, 1.165) is 45.6 Å². The van der Waals surface area contributed by atoms with Crippen molar-refractivity contribution in [3.05, 3.63) is 70.3 Å². The van der Waals surface area contributed by atoms with Crippen LogP contribution in [0.4, 0.5) is 0 Å². The number of nitrogens with zero attached hydrogens (tertiary/aromatic N) is 1. The summed E-state index contributed by atoms with van der Waals surface area (Å²) in [7, 11) is 0. The van der Waals surface area contributed by atoms with E-state index in [1.54, 1.807) is 0 Å². The van der Waals surface area contributed by atoms with E-state index >= 15 is 0 Å². The largest absolute Gasteiger partial charge is 0.393 e. The van der Waals surface area contributed by atoms with Gasteiger partial charge in [-0.15, -0.1) is 0 Å². The number of aliphatic hydroxyl groups is 1. The monoisotopic (exact) mass is 338 g/mol. The Bertz CT molecular complexity index is 653. The van der Waals surface area contributed by atoms with Gasteiger partial charge in [0, 0.05) is 32.7 Å². The van der Waals surface area contributed by atoms with Gasteiger partial charge in [0.05, 0.1) is 6.10 Å². The van der Waals surface area contributed by atoms with Gasteiger partial charge in [-0.2, -0.15) is 0 Å². The van der Waals surface area contributed by atoms with E-state index in [-0.39, 0.29) is 6.10 Å². The average Bonchev–Trinajstić information content (AvgIpc) is 2.58. The van der Waals surface area contributed by atoms with Crippen LogP contribution >= 0.6 is 0 Å². The van der Waals surface area contributed by atoms with E-state index in [1.807, 2.05) is 0 Å². The van der Waals surface area contributed by atoms with Crippen molar-refractivity contribution in [3.63, 3.8) is 0 Å². The Morgan fingerprint density at radius 1 is 0.880 bits per heavy atom. The number of likely N-dealkylation sites (tertiary alicyclic amines) is 1. The van der Waals surface area contributed by atoms with Gasteiger partial charge >= 0.3 is 0 Å². The van der Waals surface area contributed by atoms with Crippen LogP contribution in [-0.4, -0.2) is 29.2 Å². The summed E-state index contributed by atoms with van der Waals surface area (Å²) < 4.78 is 0. The van der Waals surface area contributed by atoms with Crippen LogP contribution in [0.1, 0.15) is 40.7 Å². The van der Waals surface area contributed by atoms with Crippen molar-refractivity contribution < 1.29 is 5.11 Å². The maximum Gasteiger partial charge on any atom is 0.0564 e. The highest BCUT2D eigenvalue weighted by atomic mass is 16.3. The fourth-order valence-electron chi connectivity index (χ4n) is 3.62. The van der Waals surface area contributed by atoms with Crippen LogP contribution in [-0.2, 0) is 19.6 Å². The Morgan fingerprint density at radius 3 is 2.08 bits per heavy atom. The lowest BCUT2D eigenvalue weighted by Crippen LogP contribution is -2.35. The normalized spacial score (nSPS) is 16.3. The van der Waals surface area contributed by atoms with Crippen LogP contribution in [0.2, 0.25) is 0 Å². The summed E-state index contributed by atoms with van der Waals surface area (Å²) in [6, 6.07) is 15.6. The third kappa shape index (κ3) is 5.67. The number of nitrogens with one attached hydrogen (secondary N) is 1. The van der Waals surface area contributed by atoms with Crippen LogP contribution in [0.15, 0.2) is 42.5 Å². The van der Waals surface area contributed by atoms with E-state index in [0.29, 0.717) is 0 Å². The van der Waals surface area contributed by atoms with Crippen LogP contribution in [0, 0.1) is 13.8 Å². The lowest BCUT2D eigenvalue weighted by atomic mass is 10.1. The van der Waals surface area contributed by atoms with Crippen molar-refractivity contribution in [1.29, 1.82) is 0 Å². The highest BCUT2D eigenvalue weighted by molar-refractivity contribution is 5.28. The molecular weight excluding hydrogens is 308 g/mol. The third-order valence-electron chi connectivity index (χ3n) is 4.93. The molecule has 0 aliphatic carbocycles. The van der Waals surface area contributed by atoms with Crippen LogP contribution in [0.5, 0.6) is 0 Å². The van der Waals surface area contributed by atoms with Crippen molar-refractivity contribution in [2.45, 2.75) is 52.4 Å². The molecule has 134 valence electrons. The van der Waals surface area contributed by atoms with E-state index in [2.05, 4.69) is 66.5 Å². The molecule has 25 heavy (non-hydrogen) atoms. The van der Waals surface area contributed by atoms with Gasteiger partial charge in [-0.25, -0.2) is 0 Å². The molecule has 3 nitrogen and oxygen atoms in total. The van der Waals surface area contributed by atoms with E-state index < -0.39 is 0 Å². The number of hydrogen-bond donors (Lipinski definition) is 2. The first-order valence-electron chi connectivity index (χ1n) is 9.34. The molecule has 0 bridgehead atoms. The molecule has 0 spiro atoms. The topological polar surface area (TPSA) is 35.5 Å². The summed E-state index contributed by atoms with van der Waals surface area (Å²) in [5, 5.41) is 13.1. The minimum atomic E-state index is -0.0955. The Balaban J connectivity index is 1.46. The molecule has 2 N–H and O–H groups in total. The minimum Gasteiger partial charge on any atom is -0.393 e. The lowest BCUT2D eigenvalue weighted by Gasteiger charge is -2.29. The summed E-state index contributed by atoms with van der Waals surface area (Å²) in [5.74, 6) is 0. The van der Waals surface area contributed by atoms with Crippen molar-refractivity contribution in [1.82, 2.24) is 10.2 Å². The van der Waals surface area contributed by atoms with Crippen molar-refractivity contribution in [2.24, 2.45) is 0 Å². The molecule has 1 fully saturated rings. The summed E-state index contributed by atoms with van der Waals surface area (Å²) in [4.78, 5) is 2.43. The predicted molar refractivity (Wildman–Crippen MR) is 103 cm³/mol. The minimum absolute atomic E-state index is 0.0955. The smallest absolute Gasteiger partial charge is 0.0564 e. The molecule has 1 aliphatic rings. The standard InChI is InChI=1S/C22H30N2O/c1-17-11-18(2)13-21(12-17)15-23-14-19-3-5-20(6-4-19)16-24-9-7-22(25)8-10-24/h3-6,11-13,22-23,25H,7-10,14-16H2,1-2H3. The quantitative estimate of drug-likeness (QED) is 0.845. The maximum atomic E-state index is 9.59. The van der Waals surface area contributed by atoms with Gasteiger partial charge in [0.2, 0.25) is 0 Å². The molecule has 1 heterocycles. The fraction of sp³-hybridized carbons (Fsp3) is 0.455. The molecule has 0 atom stereocenters. The number of aryl methyl sites for hydroxylation is 2. The van der Waals surface area contributed by atoms with Crippen molar-refractivity contribution in [2.75, 3.05) is 13.1 Å². The Morgan fingerprint density at radius 2 is 1.44 bits per heavy atom. The molecule has 0 aromatic heterocycles. The van der Waals surface area contributed by atoms with Crippen LogP contribution in [0.3, 0.4) is 0 Å². The SMILES string of the molecule is Cc1cc(C)cc(CNCc2ccc(CN3CCC(O)CC3)cc2)c1. The zero-order valence-corrected chi connectivity index (χ0v) is 15.5. The van der Waals surface area contributed by atoms with Crippen LogP contribution in [0.25, 0.3) is 0 Å². The van der Waals surface area contributed by atoms with Crippen molar-refractivity contribution in [3.8, 4) is 0 Å². The molecule has 2 aromatic carbocycles. The van der Waals surface area contributed by atoms with Gasteiger partial charge in [-0.05, 0) is 43.4 Å². The van der Waals surface area contributed by atoms with Gasteiger partial charge in [0.25, 0.3) is 0 Å². The molecule has 0 amide bonds. The molecule has 1 aliphatic heterocycles. The Kier molecular flexibility index (Phi) is 6.24. The molecule has 1 saturated heterocycles. The first-order valence-corrected chi connectivity index (χ1v) is 9.34. The fourth-order valence-corrected chi connectivity index (χ4v) is 3.62. The summed E-state index contributed by atoms with van der Waals surface area (Å²) in [6.45, 7) is 9.09. The van der Waals surface area contributed by atoms with Gasteiger partial charge < -0.3 is 10.4 Å². The van der Waals surface area contributed by atoms with Gasteiger partial charge in [-0.3, -0.25) is 4.90 Å². The van der Waals surface area contributed by atoms with Gasteiger partial charge in [-0.1, -0.05) is 53.6 Å². The first-order chi connectivity index (χ1) is 12.1. The molecule has 3 heteroatoms. The van der Waals surface area contributed by atoms with E-state index in [4.69, 9.17) is 0 Å². The number of piperidine rings is 1. The molecular formula is C22H30N2O. The van der Waals surface area contributed by atoms with Crippen LogP contribution < -0.4 is 5.32 Å². The second kappa shape index (κ2) is 8.61. The summed E-state index contributed by atoms with van der Waals surface area (Å²) in [5.41, 5.74) is 6.68. The number of hydrogen-bond acceptors (Lipinski definition) is 3. The van der Waals surface area contributed by atoms with Crippen molar-refractivity contribution >= 4 is 0 Å². The highest BCUT2D eigenvalue weighted by Crippen LogP contribution is 2.14. The summed E-state index contributed by atoms with van der Waals surface area (Å²) in [6.07, 6.45) is 1.71. The molecule has 0 radical (unpaired) electrons. The molecule has 0 saturated carbocycles. The number of rotatable bonds is 6. The van der Waals surface area contributed by atoms with E-state index in [9.17, 15) is 5.11 Å². The van der Waals surface area contributed by atoms with E-state index in [1.165, 1.54) is 27.8 Å². The zero-order valence-electron chi connectivity index (χ0n) is 15.5. The average molecular weight is 338 g/mol. The van der Waals surface area contributed by atoms with Gasteiger partial charge in [0.1, 0.15) is 0 Å². The number of aliphatic hydroxyl groups excluding tert-OH is 1. The zero-order chi connectivity index (χ0) is 17.6. The molecule has 3 rings (SSSR count). The third-order valence-corrected chi connectivity index (χ3v) is 4.93. The first kappa shape index (κ1) is 18.1. The Labute approximate surface area is 151 Å².